The highest BCUT2D eigenvalue weighted by atomic mass is 16.5. The molecule has 1 amide bonds. The van der Waals surface area contributed by atoms with Crippen molar-refractivity contribution in [2.45, 2.75) is 32.5 Å². The van der Waals surface area contributed by atoms with E-state index in [4.69, 9.17) is 14.0 Å². The summed E-state index contributed by atoms with van der Waals surface area (Å²) < 4.78 is 18.3. The number of hydrogen-bond donors (Lipinski definition) is 0. The molecule has 1 atom stereocenters. The Morgan fingerprint density at radius 2 is 2.21 bits per heavy atom. The number of hydrogen-bond acceptors (Lipinski definition) is 7. The van der Waals surface area contributed by atoms with Gasteiger partial charge in [0.25, 0.3) is 5.91 Å². The summed E-state index contributed by atoms with van der Waals surface area (Å²) in [5, 5.41) is 7.99. The van der Waals surface area contributed by atoms with Crippen LogP contribution >= 0.6 is 0 Å². The Labute approximate surface area is 168 Å². The molecule has 2 aromatic heterocycles. The fourth-order valence-electron chi connectivity index (χ4n) is 3.22. The van der Waals surface area contributed by atoms with E-state index >= 15 is 0 Å². The molecule has 1 saturated heterocycles. The van der Waals surface area contributed by atoms with Crippen molar-refractivity contribution in [2.24, 2.45) is 0 Å². The highest BCUT2D eigenvalue weighted by molar-refractivity contribution is 5.92. The van der Waals surface area contributed by atoms with Gasteiger partial charge in [0, 0.05) is 25.8 Å². The zero-order valence-electron chi connectivity index (χ0n) is 16.2. The third-order valence-corrected chi connectivity index (χ3v) is 4.80. The lowest BCUT2D eigenvalue weighted by atomic mass is 10.2. The van der Waals surface area contributed by atoms with Crippen LogP contribution < -0.4 is 4.74 Å². The summed E-state index contributed by atoms with van der Waals surface area (Å²) in [6.45, 7) is 4.06. The van der Waals surface area contributed by atoms with E-state index in [2.05, 4.69) is 15.2 Å². The lowest BCUT2D eigenvalue weighted by Gasteiger charge is -2.22. The Morgan fingerprint density at radius 1 is 1.34 bits per heavy atom. The summed E-state index contributed by atoms with van der Waals surface area (Å²) in [4.78, 5) is 18.4. The quantitative estimate of drug-likeness (QED) is 0.576. The van der Waals surface area contributed by atoms with E-state index in [1.807, 2.05) is 31.2 Å². The van der Waals surface area contributed by atoms with Crippen LogP contribution in [0, 0.1) is 0 Å². The monoisotopic (exact) mass is 397 g/mol. The summed E-state index contributed by atoms with van der Waals surface area (Å²) in [6, 6.07) is 9.05. The van der Waals surface area contributed by atoms with Crippen LogP contribution in [0.25, 0.3) is 5.69 Å². The maximum Gasteiger partial charge on any atom is 0.276 e. The molecule has 1 aliphatic rings. The van der Waals surface area contributed by atoms with Crippen molar-refractivity contribution in [3.8, 4) is 11.4 Å². The van der Waals surface area contributed by atoms with Gasteiger partial charge in [-0.1, -0.05) is 5.16 Å². The number of amides is 1. The number of ether oxygens (including phenoxy) is 2. The summed E-state index contributed by atoms with van der Waals surface area (Å²) in [5.74, 6) is 1.00. The second kappa shape index (κ2) is 8.87. The van der Waals surface area contributed by atoms with Crippen molar-refractivity contribution in [3.05, 3.63) is 54.4 Å². The molecule has 9 heteroatoms. The first-order valence-electron chi connectivity index (χ1n) is 9.67. The van der Waals surface area contributed by atoms with Crippen LogP contribution in [0.2, 0.25) is 0 Å². The number of benzene rings is 1. The minimum atomic E-state index is -0.157. The normalized spacial score (nSPS) is 16.1. The topological polar surface area (TPSA) is 95.5 Å². The van der Waals surface area contributed by atoms with Gasteiger partial charge in [-0.05, 0) is 44.0 Å². The van der Waals surface area contributed by atoms with Crippen LogP contribution in [0.4, 0.5) is 0 Å². The molecular weight excluding hydrogens is 374 g/mol. The van der Waals surface area contributed by atoms with E-state index < -0.39 is 0 Å². The van der Waals surface area contributed by atoms with Gasteiger partial charge in [-0.25, -0.2) is 9.67 Å². The van der Waals surface area contributed by atoms with Crippen molar-refractivity contribution in [1.82, 2.24) is 24.8 Å². The van der Waals surface area contributed by atoms with E-state index in [-0.39, 0.29) is 24.3 Å². The molecule has 0 aliphatic carbocycles. The largest absolute Gasteiger partial charge is 0.486 e. The van der Waals surface area contributed by atoms with Gasteiger partial charge in [0.1, 0.15) is 25.0 Å². The van der Waals surface area contributed by atoms with Gasteiger partial charge in [0.15, 0.2) is 11.5 Å². The fourth-order valence-corrected chi connectivity index (χ4v) is 3.22. The molecule has 29 heavy (non-hydrogen) atoms. The van der Waals surface area contributed by atoms with Crippen molar-refractivity contribution < 1.29 is 18.8 Å². The van der Waals surface area contributed by atoms with Gasteiger partial charge in [-0.3, -0.25) is 4.79 Å². The molecule has 3 aromatic rings. The smallest absolute Gasteiger partial charge is 0.276 e. The van der Waals surface area contributed by atoms with Crippen LogP contribution in [-0.4, -0.2) is 56.5 Å². The van der Waals surface area contributed by atoms with E-state index in [0.29, 0.717) is 24.6 Å². The number of carbonyl (C=O) groups excluding carboxylic acids is 1. The maximum atomic E-state index is 12.7. The van der Waals surface area contributed by atoms with Crippen LogP contribution in [0.5, 0.6) is 5.75 Å². The van der Waals surface area contributed by atoms with Gasteiger partial charge < -0.3 is 18.9 Å². The van der Waals surface area contributed by atoms with Crippen molar-refractivity contribution in [3.63, 3.8) is 0 Å². The van der Waals surface area contributed by atoms with E-state index in [1.165, 1.54) is 6.33 Å². The molecule has 0 bridgehead atoms. The molecule has 152 valence electrons. The zero-order chi connectivity index (χ0) is 20.1. The number of carbonyl (C=O) groups is 1. The molecule has 0 spiro atoms. The van der Waals surface area contributed by atoms with E-state index in [0.717, 1.165) is 25.1 Å². The molecule has 3 heterocycles. The maximum absolute atomic E-state index is 12.7. The Kier molecular flexibility index (Phi) is 5.85. The molecule has 0 N–H and O–H groups in total. The first-order chi connectivity index (χ1) is 14.2. The van der Waals surface area contributed by atoms with Crippen LogP contribution in [0.3, 0.4) is 0 Å². The Morgan fingerprint density at radius 3 is 2.90 bits per heavy atom. The van der Waals surface area contributed by atoms with Crippen LogP contribution in [-0.2, 0) is 11.3 Å². The number of aromatic nitrogens is 4. The predicted octanol–water partition coefficient (Wildman–Crippen LogP) is 2.48. The first kappa shape index (κ1) is 19.1. The standard InChI is InChI=1S/C20H23N5O4/c1-2-24(11-17-4-3-9-27-17)20(26)19-10-18(29-23-19)12-28-16-7-5-15(6-8-16)25-14-21-13-22-25/h5-8,10,13-14,17H,2-4,9,11-12H2,1H3/t17-/m0/s1. The molecule has 0 radical (unpaired) electrons. The van der Waals surface area contributed by atoms with Crippen LogP contribution in [0.15, 0.2) is 47.5 Å². The zero-order valence-corrected chi connectivity index (χ0v) is 16.2. The second-order valence-electron chi connectivity index (χ2n) is 6.78. The lowest BCUT2D eigenvalue weighted by molar-refractivity contribution is 0.0531. The summed E-state index contributed by atoms with van der Waals surface area (Å²) in [6.07, 6.45) is 5.24. The third-order valence-electron chi connectivity index (χ3n) is 4.80. The molecule has 0 saturated carbocycles. The average molecular weight is 397 g/mol. The second-order valence-corrected chi connectivity index (χ2v) is 6.78. The molecule has 9 nitrogen and oxygen atoms in total. The van der Waals surface area contributed by atoms with Gasteiger partial charge in [0.2, 0.25) is 0 Å². The van der Waals surface area contributed by atoms with Gasteiger partial charge in [-0.2, -0.15) is 5.10 Å². The average Bonchev–Trinajstić information content (AvgIpc) is 3.53. The third kappa shape index (κ3) is 4.62. The van der Waals surface area contributed by atoms with Crippen molar-refractivity contribution in [2.75, 3.05) is 19.7 Å². The molecular formula is C20H23N5O4. The Balaban J connectivity index is 1.33. The minimum absolute atomic E-state index is 0.106. The van der Waals surface area contributed by atoms with Gasteiger partial charge in [-0.15, -0.1) is 0 Å². The highest BCUT2D eigenvalue weighted by Gasteiger charge is 2.24. The molecule has 4 rings (SSSR count). The lowest BCUT2D eigenvalue weighted by Crippen LogP contribution is -2.37. The Bertz CT molecular complexity index is 917. The Hall–Kier alpha value is -3.20. The van der Waals surface area contributed by atoms with Crippen LogP contribution in [0.1, 0.15) is 36.0 Å². The SMILES string of the molecule is CCN(C[C@@H]1CCCO1)C(=O)c1cc(COc2ccc(-n3cncn3)cc2)on1. The van der Waals surface area contributed by atoms with Gasteiger partial charge in [0.05, 0.1) is 11.8 Å². The fraction of sp³-hybridized carbons (Fsp3) is 0.400. The minimum Gasteiger partial charge on any atom is -0.486 e. The predicted molar refractivity (Wildman–Crippen MR) is 103 cm³/mol. The van der Waals surface area contributed by atoms with Crippen molar-refractivity contribution >= 4 is 5.91 Å². The highest BCUT2D eigenvalue weighted by Crippen LogP contribution is 2.18. The summed E-state index contributed by atoms with van der Waals surface area (Å²) in [5.41, 5.74) is 1.17. The van der Waals surface area contributed by atoms with Crippen molar-refractivity contribution in [1.29, 1.82) is 0 Å². The number of nitrogens with zero attached hydrogens (tertiary/aromatic N) is 5. The summed E-state index contributed by atoms with van der Waals surface area (Å²) >= 11 is 0. The summed E-state index contributed by atoms with van der Waals surface area (Å²) in [7, 11) is 0. The number of likely N-dealkylation sites (N-methyl/N-ethyl adjacent to an activating group) is 1. The number of rotatable bonds is 8. The van der Waals surface area contributed by atoms with E-state index in [1.54, 1.807) is 22.0 Å². The van der Waals surface area contributed by atoms with Gasteiger partial charge >= 0.3 is 0 Å². The molecule has 1 aliphatic heterocycles. The first-order valence-corrected chi connectivity index (χ1v) is 9.67. The molecule has 1 aromatic carbocycles. The molecule has 0 unspecified atom stereocenters. The van der Waals surface area contributed by atoms with E-state index in [9.17, 15) is 4.79 Å². The molecule has 1 fully saturated rings.